The molecule has 2 aromatic heterocycles. The Morgan fingerprint density at radius 3 is 2.95 bits per heavy atom. The maximum Gasteiger partial charge on any atom is 0.191 e. The molecule has 6 nitrogen and oxygen atoms in total. The maximum atomic E-state index is 4.54. The van der Waals surface area contributed by atoms with Crippen LogP contribution in [0, 0.1) is 0 Å². The second kappa shape index (κ2) is 9.93. The van der Waals surface area contributed by atoms with E-state index in [-0.39, 0.29) is 24.0 Å². The molecule has 2 N–H and O–H groups in total. The molecular weight excluding hydrogens is 391 g/mol. The summed E-state index contributed by atoms with van der Waals surface area (Å²) in [6.07, 6.45) is 8.91. The third-order valence-corrected chi connectivity index (χ3v) is 2.76. The topological polar surface area (TPSA) is 67.1 Å². The molecule has 0 atom stereocenters. The lowest BCUT2D eigenvalue weighted by atomic mass is 10.2. The van der Waals surface area contributed by atoms with Crippen molar-refractivity contribution in [3.63, 3.8) is 0 Å². The van der Waals surface area contributed by atoms with E-state index in [2.05, 4.69) is 32.2 Å². The number of halogens is 1. The Hall–Kier alpha value is -1.90. The van der Waals surface area contributed by atoms with E-state index in [1.165, 1.54) is 0 Å². The third kappa shape index (κ3) is 5.47. The molecule has 2 rings (SSSR count). The maximum absolute atomic E-state index is 4.54. The average molecular weight is 412 g/mol. The summed E-state index contributed by atoms with van der Waals surface area (Å²) in [7, 11) is 0. The number of rotatable bonds is 6. The molecule has 0 aliphatic rings. The molecule has 0 aromatic carbocycles. The van der Waals surface area contributed by atoms with E-state index in [0.29, 0.717) is 13.1 Å². The Balaban J connectivity index is 0.00000242. The second-order valence-electron chi connectivity index (χ2n) is 4.36. The van der Waals surface area contributed by atoms with E-state index >= 15 is 0 Å². The van der Waals surface area contributed by atoms with Crippen LogP contribution in [0.3, 0.4) is 0 Å². The van der Waals surface area contributed by atoms with Crippen LogP contribution in [-0.4, -0.2) is 33.6 Å². The van der Waals surface area contributed by atoms with Crippen molar-refractivity contribution in [3.8, 4) is 5.82 Å². The van der Waals surface area contributed by atoms with Gasteiger partial charge in [-0.3, -0.25) is 4.57 Å². The van der Waals surface area contributed by atoms with Crippen molar-refractivity contribution in [3.05, 3.63) is 55.3 Å². The molecule has 2 aromatic rings. The quantitative estimate of drug-likeness (QED) is 0.330. The molecule has 2 heterocycles. The summed E-state index contributed by atoms with van der Waals surface area (Å²) in [5, 5.41) is 6.36. The van der Waals surface area contributed by atoms with Gasteiger partial charge in [0.2, 0.25) is 0 Å². The van der Waals surface area contributed by atoms with E-state index < -0.39 is 0 Å². The lowest BCUT2D eigenvalue weighted by molar-refractivity contribution is 0.858. The van der Waals surface area contributed by atoms with Crippen LogP contribution in [0.4, 0.5) is 0 Å². The van der Waals surface area contributed by atoms with Gasteiger partial charge in [-0.15, -0.1) is 30.6 Å². The van der Waals surface area contributed by atoms with Gasteiger partial charge in [-0.2, -0.15) is 0 Å². The zero-order chi connectivity index (χ0) is 14.9. The molecule has 0 aliphatic carbocycles. The first-order valence-electron chi connectivity index (χ1n) is 6.89. The molecule has 7 heteroatoms. The SMILES string of the molecule is C=CCNC(=NCc1ccnc(-n2ccnc2)c1)NCC.I. The van der Waals surface area contributed by atoms with Crippen molar-refractivity contribution < 1.29 is 0 Å². The summed E-state index contributed by atoms with van der Waals surface area (Å²) in [6.45, 7) is 7.81. The highest BCUT2D eigenvalue weighted by atomic mass is 127. The van der Waals surface area contributed by atoms with Crippen molar-refractivity contribution >= 4 is 29.9 Å². The summed E-state index contributed by atoms with van der Waals surface area (Å²) in [4.78, 5) is 12.9. The molecule has 22 heavy (non-hydrogen) atoms. The predicted molar refractivity (Wildman–Crippen MR) is 99.8 cm³/mol. The molecule has 0 saturated carbocycles. The molecule has 0 radical (unpaired) electrons. The molecule has 0 unspecified atom stereocenters. The Bertz CT molecular complexity index is 594. The summed E-state index contributed by atoms with van der Waals surface area (Å²) < 4.78 is 1.87. The van der Waals surface area contributed by atoms with Gasteiger partial charge in [0.15, 0.2) is 5.96 Å². The third-order valence-electron chi connectivity index (χ3n) is 2.76. The van der Waals surface area contributed by atoms with E-state index in [9.17, 15) is 0 Å². The predicted octanol–water partition coefficient (Wildman–Crippen LogP) is 2.13. The fourth-order valence-corrected chi connectivity index (χ4v) is 1.78. The van der Waals surface area contributed by atoms with Gasteiger partial charge >= 0.3 is 0 Å². The van der Waals surface area contributed by atoms with Gasteiger partial charge in [0.25, 0.3) is 0 Å². The highest BCUT2D eigenvalue weighted by Gasteiger charge is 2.00. The standard InChI is InChI=1S/C15H20N6.HI/c1-3-6-19-15(17-4-2)20-11-13-5-7-18-14(10-13)21-9-8-16-12-21;/h3,5,7-10,12H,1,4,6,11H2,2H3,(H2,17,19,20);1H. The number of imidazole rings is 1. The van der Waals surface area contributed by atoms with Gasteiger partial charge in [0.05, 0.1) is 6.54 Å². The van der Waals surface area contributed by atoms with E-state index in [1.807, 2.05) is 29.8 Å². The van der Waals surface area contributed by atoms with Crippen LogP contribution in [0.15, 0.2) is 54.7 Å². The van der Waals surface area contributed by atoms with Gasteiger partial charge in [-0.1, -0.05) is 6.08 Å². The van der Waals surface area contributed by atoms with Crippen LogP contribution in [0.2, 0.25) is 0 Å². The smallest absolute Gasteiger partial charge is 0.191 e. The first-order chi connectivity index (χ1) is 10.3. The van der Waals surface area contributed by atoms with Crippen LogP contribution in [-0.2, 0) is 6.54 Å². The number of nitrogens with zero attached hydrogens (tertiary/aromatic N) is 4. The second-order valence-corrected chi connectivity index (χ2v) is 4.36. The number of hydrogen-bond donors (Lipinski definition) is 2. The first-order valence-corrected chi connectivity index (χ1v) is 6.89. The summed E-state index contributed by atoms with van der Waals surface area (Å²) in [6, 6.07) is 3.96. The van der Waals surface area contributed by atoms with E-state index in [0.717, 1.165) is 23.9 Å². The number of aliphatic imine (C=N–C) groups is 1. The molecule has 0 saturated heterocycles. The van der Waals surface area contributed by atoms with Crippen LogP contribution >= 0.6 is 24.0 Å². The average Bonchev–Trinajstić information content (AvgIpc) is 3.05. The molecule has 0 spiro atoms. The van der Waals surface area contributed by atoms with Crippen molar-refractivity contribution in [1.29, 1.82) is 0 Å². The fourth-order valence-electron chi connectivity index (χ4n) is 1.78. The van der Waals surface area contributed by atoms with Crippen molar-refractivity contribution in [2.75, 3.05) is 13.1 Å². The van der Waals surface area contributed by atoms with Crippen molar-refractivity contribution in [1.82, 2.24) is 25.2 Å². The monoisotopic (exact) mass is 412 g/mol. The van der Waals surface area contributed by atoms with Crippen LogP contribution < -0.4 is 10.6 Å². The van der Waals surface area contributed by atoms with Gasteiger partial charge in [-0.05, 0) is 24.6 Å². The Kier molecular flexibility index (Phi) is 8.19. The van der Waals surface area contributed by atoms with Crippen molar-refractivity contribution in [2.24, 2.45) is 4.99 Å². The van der Waals surface area contributed by atoms with Crippen LogP contribution in [0.1, 0.15) is 12.5 Å². The largest absolute Gasteiger partial charge is 0.357 e. The molecule has 118 valence electrons. The van der Waals surface area contributed by atoms with E-state index in [1.54, 1.807) is 24.8 Å². The number of hydrogen-bond acceptors (Lipinski definition) is 3. The Labute approximate surface area is 147 Å². The van der Waals surface area contributed by atoms with Gasteiger partial charge < -0.3 is 10.6 Å². The minimum absolute atomic E-state index is 0. The zero-order valence-corrected chi connectivity index (χ0v) is 14.9. The van der Waals surface area contributed by atoms with Gasteiger partial charge in [0, 0.05) is 31.7 Å². The normalized spacial score (nSPS) is 10.7. The number of aromatic nitrogens is 3. The summed E-state index contributed by atoms with van der Waals surface area (Å²) >= 11 is 0. The van der Waals surface area contributed by atoms with Gasteiger partial charge in [0.1, 0.15) is 12.1 Å². The Morgan fingerprint density at radius 2 is 2.27 bits per heavy atom. The van der Waals surface area contributed by atoms with E-state index in [4.69, 9.17) is 0 Å². The van der Waals surface area contributed by atoms with Gasteiger partial charge in [-0.25, -0.2) is 15.0 Å². The minimum Gasteiger partial charge on any atom is -0.357 e. The molecule has 0 aliphatic heterocycles. The highest BCUT2D eigenvalue weighted by molar-refractivity contribution is 14.0. The molecule has 0 fully saturated rings. The number of nitrogens with one attached hydrogen (secondary N) is 2. The minimum atomic E-state index is 0. The summed E-state index contributed by atoms with van der Waals surface area (Å²) in [5.41, 5.74) is 1.09. The fraction of sp³-hybridized carbons (Fsp3) is 0.267. The summed E-state index contributed by atoms with van der Waals surface area (Å²) in [5.74, 6) is 1.61. The van der Waals surface area contributed by atoms with Crippen molar-refractivity contribution in [2.45, 2.75) is 13.5 Å². The lowest BCUT2D eigenvalue weighted by Gasteiger charge is -2.09. The molecular formula is C15H21IN6. The lowest BCUT2D eigenvalue weighted by Crippen LogP contribution is -2.37. The van der Waals surface area contributed by atoms with Crippen LogP contribution in [0.25, 0.3) is 5.82 Å². The number of guanidine groups is 1. The highest BCUT2D eigenvalue weighted by Crippen LogP contribution is 2.07. The van der Waals surface area contributed by atoms with Crippen LogP contribution in [0.5, 0.6) is 0 Å². The first kappa shape index (κ1) is 18.1. The Morgan fingerprint density at radius 1 is 1.41 bits per heavy atom. The molecule has 0 amide bonds. The number of pyridine rings is 1. The molecule has 0 bridgehead atoms. The zero-order valence-electron chi connectivity index (χ0n) is 12.6.